The van der Waals surface area contributed by atoms with E-state index in [1.807, 2.05) is 31.2 Å². The Morgan fingerprint density at radius 2 is 2.10 bits per heavy atom. The zero-order valence-electron chi connectivity index (χ0n) is 16.3. The fraction of sp³-hybridized carbons (Fsp3) is 0.143. The van der Waals surface area contributed by atoms with E-state index >= 15 is 0 Å². The van der Waals surface area contributed by atoms with Gasteiger partial charge in [-0.1, -0.05) is 17.7 Å². The Bertz CT molecular complexity index is 1240. The normalized spacial score (nSPS) is 15.1. The van der Waals surface area contributed by atoms with Crippen molar-refractivity contribution >= 4 is 17.3 Å². The zero-order chi connectivity index (χ0) is 22.1. The first-order chi connectivity index (χ1) is 14.9. The lowest BCUT2D eigenvalue weighted by Gasteiger charge is -2.24. The quantitative estimate of drug-likeness (QED) is 0.448. The Kier molecular flexibility index (Phi) is 5.23. The maximum Gasteiger partial charge on any atom is 0.288 e. The highest BCUT2D eigenvalue weighted by molar-refractivity contribution is 6.32. The van der Waals surface area contributed by atoms with Gasteiger partial charge in [0.15, 0.2) is 0 Å². The summed E-state index contributed by atoms with van der Waals surface area (Å²) in [4.78, 5) is 10.8. The van der Waals surface area contributed by atoms with Gasteiger partial charge in [0.1, 0.15) is 22.4 Å². The summed E-state index contributed by atoms with van der Waals surface area (Å²) in [5.74, 6) is 0.0676. The summed E-state index contributed by atoms with van der Waals surface area (Å²) in [5, 5.41) is 28.3. The lowest BCUT2D eigenvalue weighted by atomic mass is 9.83. The first-order valence-electron chi connectivity index (χ1n) is 9.27. The van der Waals surface area contributed by atoms with Crippen molar-refractivity contribution in [2.75, 3.05) is 6.61 Å². The van der Waals surface area contributed by atoms with Gasteiger partial charge in [-0.3, -0.25) is 15.2 Å². The number of nitrogens with zero attached hydrogens (tertiary/aromatic N) is 3. The number of H-pyrrole nitrogens is 1. The van der Waals surface area contributed by atoms with Crippen molar-refractivity contribution in [2.45, 2.75) is 12.8 Å². The van der Waals surface area contributed by atoms with E-state index < -0.39 is 10.8 Å². The lowest BCUT2D eigenvalue weighted by Crippen LogP contribution is -2.21. The minimum atomic E-state index is -0.731. The summed E-state index contributed by atoms with van der Waals surface area (Å²) in [6, 6.07) is 13.8. The number of nitro benzene ring substituents is 1. The van der Waals surface area contributed by atoms with Crippen molar-refractivity contribution in [1.29, 1.82) is 5.26 Å². The fourth-order valence-electron chi connectivity index (χ4n) is 3.53. The predicted molar refractivity (Wildman–Crippen MR) is 113 cm³/mol. The molecule has 9 nitrogen and oxygen atoms in total. The number of hydrogen-bond donors (Lipinski definition) is 2. The van der Waals surface area contributed by atoms with Gasteiger partial charge in [0.2, 0.25) is 11.8 Å². The van der Waals surface area contributed by atoms with Crippen molar-refractivity contribution in [3.05, 3.63) is 80.2 Å². The summed E-state index contributed by atoms with van der Waals surface area (Å²) in [7, 11) is 0. The highest BCUT2D eigenvalue weighted by atomic mass is 35.5. The van der Waals surface area contributed by atoms with Crippen molar-refractivity contribution in [1.82, 2.24) is 10.2 Å². The van der Waals surface area contributed by atoms with E-state index in [1.54, 1.807) is 6.07 Å². The van der Waals surface area contributed by atoms with Gasteiger partial charge in [-0.05, 0) is 42.8 Å². The van der Waals surface area contributed by atoms with Crippen LogP contribution in [0.1, 0.15) is 24.0 Å². The number of aromatic amines is 1. The van der Waals surface area contributed by atoms with Crippen LogP contribution in [-0.4, -0.2) is 21.7 Å². The SMILES string of the molecule is CCOc1ccc(-c2[nH]nc3c2C(c2ccc(Cl)c([N+](=O)[O-])c2)C(C#N)=C(N)O3)cc1. The van der Waals surface area contributed by atoms with Gasteiger partial charge >= 0.3 is 0 Å². The Morgan fingerprint density at radius 3 is 2.74 bits per heavy atom. The molecule has 0 amide bonds. The van der Waals surface area contributed by atoms with Crippen LogP contribution in [0.4, 0.5) is 5.69 Å². The average molecular weight is 438 g/mol. The van der Waals surface area contributed by atoms with E-state index in [2.05, 4.69) is 16.3 Å². The smallest absolute Gasteiger partial charge is 0.288 e. The number of halogens is 1. The summed E-state index contributed by atoms with van der Waals surface area (Å²) in [6.07, 6.45) is 0. The third-order valence-electron chi connectivity index (χ3n) is 4.89. The second-order valence-corrected chi connectivity index (χ2v) is 7.07. The molecule has 3 aromatic rings. The van der Waals surface area contributed by atoms with Crippen LogP contribution in [0.15, 0.2) is 53.9 Å². The number of ether oxygens (including phenoxy) is 2. The van der Waals surface area contributed by atoms with Gasteiger partial charge in [-0.15, -0.1) is 5.10 Å². The summed E-state index contributed by atoms with van der Waals surface area (Å²) >= 11 is 5.98. The number of benzene rings is 2. The van der Waals surface area contributed by atoms with Crippen molar-refractivity contribution < 1.29 is 14.4 Å². The topological polar surface area (TPSA) is 140 Å². The van der Waals surface area contributed by atoms with E-state index in [-0.39, 0.29) is 28.0 Å². The number of fused-ring (bicyclic) bond motifs is 1. The van der Waals surface area contributed by atoms with Crippen molar-refractivity contribution in [3.63, 3.8) is 0 Å². The Balaban J connectivity index is 1.89. The average Bonchev–Trinajstić information content (AvgIpc) is 3.17. The van der Waals surface area contributed by atoms with E-state index in [0.717, 1.165) is 5.56 Å². The van der Waals surface area contributed by atoms with Crippen LogP contribution in [0.3, 0.4) is 0 Å². The van der Waals surface area contributed by atoms with Crippen molar-refractivity contribution in [2.24, 2.45) is 5.73 Å². The Labute approximate surface area is 181 Å². The number of aromatic nitrogens is 2. The predicted octanol–water partition coefficient (Wildman–Crippen LogP) is 4.26. The molecule has 10 heteroatoms. The van der Waals surface area contributed by atoms with Gasteiger partial charge in [0.05, 0.1) is 28.7 Å². The Morgan fingerprint density at radius 1 is 1.35 bits per heavy atom. The van der Waals surface area contributed by atoms with Gasteiger partial charge in [0, 0.05) is 11.6 Å². The minimum Gasteiger partial charge on any atom is -0.494 e. The maximum absolute atomic E-state index is 11.4. The minimum absolute atomic E-state index is 0.00424. The monoisotopic (exact) mass is 437 g/mol. The molecule has 0 saturated heterocycles. The number of hydrogen-bond acceptors (Lipinski definition) is 7. The molecule has 1 aliphatic rings. The molecule has 0 spiro atoms. The molecule has 1 aliphatic heterocycles. The van der Waals surface area contributed by atoms with Crippen LogP contribution < -0.4 is 15.2 Å². The van der Waals surface area contributed by atoms with Gasteiger partial charge < -0.3 is 15.2 Å². The third kappa shape index (κ3) is 3.53. The molecule has 156 valence electrons. The van der Waals surface area contributed by atoms with E-state index in [9.17, 15) is 15.4 Å². The molecule has 31 heavy (non-hydrogen) atoms. The van der Waals surface area contributed by atoms with E-state index in [0.29, 0.717) is 29.2 Å². The van der Waals surface area contributed by atoms with Crippen LogP contribution in [0.25, 0.3) is 11.3 Å². The molecule has 2 heterocycles. The second-order valence-electron chi connectivity index (χ2n) is 6.67. The zero-order valence-corrected chi connectivity index (χ0v) is 17.0. The molecule has 1 aromatic heterocycles. The molecule has 0 radical (unpaired) electrons. The number of rotatable bonds is 5. The summed E-state index contributed by atoms with van der Waals surface area (Å²) in [5.41, 5.74) is 8.20. The molecule has 0 aliphatic carbocycles. The van der Waals surface area contributed by atoms with E-state index in [4.69, 9.17) is 26.8 Å². The van der Waals surface area contributed by atoms with Crippen LogP contribution in [0, 0.1) is 21.4 Å². The largest absolute Gasteiger partial charge is 0.494 e. The van der Waals surface area contributed by atoms with Gasteiger partial charge in [-0.2, -0.15) is 5.26 Å². The number of nitrogens with two attached hydrogens (primary N) is 1. The maximum atomic E-state index is 11.4. The van der Waals surface area contributed by atoms with Crippen LogP contribution in [0.5, 0.6) is 11.6 Å². The molecule has 0 saturated carbocycles. The second kappa shape index (κ2) is 8.01. The lowest BCUT2D eigenvalue weighted by molar-refractivity contribution is -0.384. The standard InChI is InChI=1S/C21H16ClN5O4/c1-2-30-13-6-3-11(4-7-13)19-18-17(12-5-8-15(22)16(9-12)27(28)29)14(10-23)20(24)31-21(18)26-25-19/h3-9,17H,2,24H2,1H3,(H,25,26). The van der Waals surface area contributed by atoms with Gasteiger partial charge in [-0.25, -0.2) is 0 Å². The molecule has 4 rings (SSSR count). The van der Waals surface area contributed by atoms with Gasteiger partial charge in [0.25, 0.3) is 5.69 Å². The molecule has 3 N–H and O–H groups in total. The molecule has 2 aromatic carbocycles. The van der Waals surface area contributed by atoms with Crippen LogP contribution in [0.2, 0.25) is 5.02 Å². The molecule has 0 fully saturated rings. The number of allylic oxidation sites excluding steroid dienone is 1. The highest BCUT2D eigenvalue weighted by Gasteiger charge is 2.36. The summed E-state index contributed by atoms with van der Waals surface area (Å²) in [6.45, 7) is 2.44. The van der Waals surface area contributed by atoms with Crippen molar-refractivity contribution in [3.8, 4) is 29.0 Å². The molecule has 0 bridgehead atoms. The highest BCUT2D eigenvalue weighted by Crippen LogP contribution is 2.46. The van der Waals surface area contributed by atoms with Crippen LogP contribution in [-0.2, 0) is 0 Å². The molecular formula is C21H16ClN5O4. The molecular weight excluding hydrogens is 422 g/mol. The Hall–Kier alpha value is -4.03. The first-order valence-corrected chi connectivity index (χ1v) is 9.65. The number of nitro groups is 1. The third-order valence-corrected chi connectivity index (χ3v) is 5.21. The number of nitriles is 1. The molecule has 1 unspecified atom stereocenters. The molecule has 1 atom stereocenters. The first kappa shape index (κ1) is 20.3. The van der Waals surface area contributed by atoms with E-state index in [1.165, 1.54) is 12.1 Å². The fourth-order valence-corrected chi connectivity index (χ4v) is 3.72. The number of nitrogens with one attached hydrogen (secondary N) is 1. The van der Waals surface area contributed by atoms with Crippen LogP contribution >= 0.6 is 11.6 Å². The summed E-state index contributed by atoms with van der Waals surface area (Å²) < 4.78 is 11.0.